The SMILES string of the molecule is Cc1ccc(C)c(OCC(=O)NNS(=O)(=O)c2ccc(F)c(Cl)c2)c1. The number of amides is 1. The molecule has 0 aromatic heterocycles. The van der Waals surface area contributed by atoms with Crippen molar-refractivity contribution in [1.29, 1.82) is 0 Å². The van der Waals surface area contributed by atoms with Crippen molar-refractivity contribution in [2.24, 2.45) is 0 Å². The van der Waals surface area contributed by atoms with E-state index in [0.717, 1.165) is 29.3 Å². The molecule has 0 atom stereocenters. The fourth-order valence-electron chi connectivity index (χ4n) is 1.87. The maximum absolute atomic E-state index is 13.1. The maximum Gasteiger partial charge on any atom is 0.272 e. The number of nitrogens with one attached hydrogen (secondary N) is 2. The number of aryl methyl sites for hydroxylation is 2. The van der Waals surface area contributed by atoms with Gasteiger partial charge in [-0.15, -0.1) is 4.83 Å². The molecule has 0 saturated heterocycles. The van der Waals surface area contributed by atoms with E-state index in [2.05, 4.69) is 0 Å². The smallest absolute Gasteiger partial charge is 0.272 e. The lowest BCUT2D eigenvalue weighted by Gasteiger charge is -2.11. The van der Waals surface area contributed by atoms with Gasteiger partial charge in [-0.2, -0.15) is 0 Å². The molecule has 6 nitrogen and oxygen atoms in total. The minimum absolute atomic E-state index is 0.283. The Morgan fingerprint density at radius 1 is 1.20 bits per heavy atom. The molecule has 0 heterocycles. The molecule has 2 aromatic rings. The van der Waals surface area contributed by atoms with E-state index in [9.17, 15) is 17.6 Å². The molecule has 0 aliphatic rings. The van der Waals surface area contributed by atoms with Crippen molar-refractivity contribution in [3.8, 4) is 5.75 Å². The quantitative estimate of drug-likeness (QED) is 0.747. The van der Waals surface area contributed by atoms with Crippen molar-refractivity contribution in [1.82, 2.24) is 10.3 Å². The summed E-state index contributed by atoms with van der Waals surface area (Å²) in [5.41, 5.74) is 3.84. The third-order valence-corrected chi connectivity index (χ3v) is 4.76. The lowest BCUT2D eigenvalue weighted by molar-refractivity contribution is -0.123. The van der Waals surface area contributed by atoms with Gasteiger partial charge < -0.3 is 4.74 Å². The second-order valence-corrected chi connectivity index (χ2v) is 7.38. The number of benzene rings is 2. The highest BCUT2D eigenvalue weighted by atomic mass is 35.5. The molecular formula is C16H16ClFN2O4S. The van der Waals surface area contributed by atoms with Gasteiger partial charge in [0, 0.05) is 0 Å². The number of hydrogen-bond donors (Lipinski definition) is 2. The largest absolute Gasteiger partial charge is 0.483 e. The summed E-state index contributed by atoms with van der Waals surface area (Å²) in [6, 6.07) is 8.42. The van der Waals surface area contributed by atoms with Crippen LogP contribution in [0.25, 0.3) is 0 Å². The molecule has 134 valence electrons. The van der Waals surface area contributed by atoms with Crippen LogP contribution >= 0.6 is 11.6 Å². The number of carbonyl (C=O) groups excluding carboxylic acids is 1. The highest BCUT2D eigenvalue weighted by Gasteiger charge is 2.17. The Kier molecular flexibility index (Phi) is 5.99. The molecule has 9 heteroatoms. The van der Waals surface area contributed by atoms with Crippen molar-refractivity contribution in [2.75, 3.05) is 6.61 Å². The van der Waals surface area contributed by atoms with E-state index in [1.165, 1.54) is 0 Å². The van der Waals surface area contributed by atoms with Gasteiger partial charge in [-0.1, -0.05) is 23.7 Å². The predicted octanol–water partition coefficient (Wildman–Crippen LogP) is 2.48. The van der Waals surface area contributed by atoms with Crippen LogP contribution in [0.3, 0.4) is 0 Å². The van der Waals surface area contributed by atoms with E-state index in [1.807, 2.05) is 36.2 Å². The van der Waals surface area contributed by atoms with Crippen LogP contribution in [0.4, 0.5) is 4.39 Å². The van der Waals surface area contributed by atoms with E-state index in [0.29, 0.717) is 5.75 Å². The van der Waals surface area contributed by atoms with Crippen LogP contribution in [0.15, 0.2) is 41.3 Å². The van der Waals surface area contributed by atoms with Gasteiger partial charge in [0.05, 0.1) is 9.92 Å². The molecule has 0 fully saturated rings. The normalized spacial score (nSPS) is 11.2. The first-order chi connectivity index (χ1) is 11.7. The molecule has 2 rings (SSSR count). The molecule has 0 aliphatic carbocycles. The lowest BCUT2D eigenvalue weighted by atomic mass is 10.1. The van der Waals surface area contributed by atoms with Gasteiger partial charge in [0.1, 0.15) is 11.6 Å². The molecule has 0 unspecified atom stereocenters. The number of hydrogen-bond acceptors (Lipinski definition) is 4. The minimum Gasteiger partial charge on any atom is -0.483 e. The average Bonchev–Trinajstić information content (AvgIpc) is 2.56. The number of halogens is 2. The molecule has 0 aliphatic heterocycles. The topological polar surface area (TPSA) is 84.5 Å². The molecule has 1 amide bonds. The van der Waals surface area contributed by atoms with E-state index in [-0.39, 0.29) is 16.5 Å². The van der Waals surface area contributed by atoms with Crippen molar-refractivity contribution in [2.45, 2.75) is 18.7 Å². The summed E-state index contributed by atoms with van der Waals surface area (Å²) in [6.07, 6.45) is 0. The lowest BCUT2D eigenvalue weighted by Crippen LogP contribution is -2.43. The van der Waals surface area contributed by atoms with Crippen LogP contribution in [-0.2, 0) is 14.8 Å². The van der Waals surface area contributed by atoms with Crippen molar-refractivity contribution in [3.05, 3.63) is 58.4 Å². The van der Waals surface area contributed by atoms with E-state index >= 15 is 0 Å². The molecule has 2 N–H and O–H groups in total. The summed E-state index contributed by atoms with van der Waals surface area (Å²) < 4.78 is 42.5. The van der Waals surface area contributed by atoms with Crippen molar-refractivity contribution >= 4 is 27.5 Å². The second kappa shape index (κ2) is 7.81. The molecule has 0 bridgehead atoms. The second-order valence-electron chi connectivity index (χ2n) is 5.29. The van der Waals surface area contributed by atoms with Crippen LogP contribution in [-0.4, -0.2) is 20.9 Å². The van der Waals surface area contributed by atoms with Gasteiger partial charge in [-0.25, -0.2) is 12.8 Å². The molecule has 25 heavy (non-hydrogen) atoms. The predicted molar refractivity (Wildman–Crippen MR) is 91.3 cm³/mol. The fourth-order valence-corrected chi connectivity index (χ4v) is 3.00. The minimum atomic E-state index is -4.08. The van der Waals surface area contributed by atoms with Crippen LogP contribution in [0.5, 0.6) is 5.75 Å². The molecule has 0 spiro atoms. The van der Waals surface area contributed by atoms with Crippen molar-refractivity contribution in [3.63, 3.8) is 0 Å². The van der Waals surface area contributed by atoms with E-state index in [1.54, 1.807) is 6.07 Å². The maximum atomic E-state index is 13.1. The molecular weight excluding hydrogens is 371 g/mol. The summed E-state index contributed by atoms with van der Waals surface area (Å²) in [5, 5.41) is -0.340. The van der Waals surface area contributed by atoms with Crippen LogP contribution in [0.2, 0.25) is 5.02 Å². The fraction of sp³-hybridized carbons (Fsp3) is 0.188. The van der Waals surface area contributed by atoms with Gasteiger partial charge in [-0.3, -0.25) is 10.2 Å². The van der Waals surface area contributed by atoms with Gasteiger partial charge in [-0.05, 0) is 49.2 Å². The summed E-state index contributed by atoms with van der Waals surface area (Å²) >= 11 is 5.55. The Labute approximate surface area is 150 Å². The number of hydrazine groups is 1. The summed E-state index contributed by atoms with van der Waals surface area (Å²) in [4.78, 5) is 13.4. The van der Waals surface area contributed by atoms with E-state index in [4.69, 9.17) is 16.3 Å². The molecule has 2 aromatic carbocycles. The highest BCUT2D eigenvalue weighted by molar-refractivity contribution is 7.89. The summed E-state index contributed by atoms with van der Waals surface area (Å²) in [6.45, 7) is 3.33. The molecule has 0 radical (unpaired) electrons. The monoisotopic (exact) mass is 386 g/mol. The number of rotatable bonds is 6. The average molecular weight is 387 g/mol. The zero-order valence-electron chi connectivity index (χ0n) is 13.5. The Morgan fingerprint density at radius 3 is 2.60 bits per heavy atom. The van der Waals surface area contributed by atoms with Crippen LogP contribution in [0.1, 0.15) is 11.1 Å². The summed E-state index contributed by atoms with van der Waals surface area (Å²) in [7, 11) is -4.08. The van der Waals surface area contributed by atoms with E-state index < -0.39 is 21.7 Å². The Morgan fingerprint density at radius 2 is 1.92 bits per heavy atom. The van der Waals surface area contributed by atoms with Gasteiger partial charge in [0.2, 0.25) is 0 Å². The Bertz CT molecular complexity index is 903. The van der Waals surface area contributed by atoms with Gasteiger partial charge in [0.15, 0.2) is 6.61 Å². The Hall–Kier alpha value is -2.16. The summed E-state index contributed by atoms with van der Waals surface area (Å²) in [5.74, 6) is -0.910. The third-order valence-electron chi connectivity index (χ3n) is 3.23. The van der Waals surface area contributed by atoms with Crippen molar-refractivity contribution < 1.29 is 22.3 Å². The highest BCUT2D eigenvalue weighted by Crippen LogP contribution is 2.20. The number of sulfonamides is 1. The van der Waals surface area contributed by atoms with Crippen LogP contribution < -0.4 is 15.0 Å². The van der Waals surface area contributed by atoms with Gasteiger partial charge >= 0.3 is 0 Å². The molecule has 0 saturated carbocycles. The Balaban J connectivity index is 1.94. The number of carbonyl (C=O) groups is 1. The zero-order chi connectivity index (χ0) is 18.6. The zero-order valence-corrected chi connectivity index (χ0v) is 15.0. The first-order valence-corrected chi connectivity index (χ1v) is 9.01. The first-order valence-electron chi connectivity index (χ1n) is 7.15. The first kappa shape index (κ1) is 19.2. The third kappa shape index (κ3) is 5.15. The van der Waals surface area contributed by atoms with Crippen LogP contribution in [0, 0.1) is 19.7 Å². The standard InChI is InChI=1S/C16H16ClFN2O4S/c1-10-3-4-11(2)15(7-10)24-9-16(21)19-20-25(22,23)12-5-6-14(18)13(17)8-12/h3-8,20H,9H2,1-2H3,(H,19,21). The number of ether oxygens (including phenoxy) is 1. The van der Waals surface area contributed by atoms with Gasteiger partial charge in [0.25, 0.3) is 15.9 Å².